The number of urea groups is 1. The molecule has 3 aliphatic rings. The van der Waals surface area contributed by atoms with Crippen LogP contribution in [0, 0.1) is 11.7 Å². The highest BCUT2D eigenvalue weighted by molar-refractivity contribution is 5.91. The zero-order valence-corrected chi connectivity index (χ0v) is 16.5. The van der Waals surface area contributed by atoms with Gasteiger partial charge in [-0.2, -0.15) is 0 Å². The number of benzene rings is 1. The molecule has 7 nitrogen and oxygen atoms in total. The molecule has 8 heteroatoms. The van der Waals surface area contributed by atoms with E-state index in [0.29, 0.717) is 23.3 Å². The number of halogens is 1. The van der Waals surface area contributed by atoms with Crippen molar-refractivity contribution in [3.63, 3.8) is 0 Å². The number of amides is 3. The molecule has 2 heterocycles. The maximum atomic E-state index is 13.8. The fourth-order valence-electron chi connectivity index (χ4n) is 4.80. The van der Waals surface area contributed by atoms with Gasteiger partial charge in [-0.1, -0.05) is 12.8 Å². The van der Waals surface area contributed by atoms with E-state index < -0.39 is 11.8 Å². The molecule has 0 spiro atoms. The lowest BCUT2D eigenvalue weighted by molar-refractivity contribution is -0.137. The number of hydrogen-bond donors (Lipinski definition) is 2. The van der Waals surface area contributed by atoms with Gasteiger partial charge >= 0.3 is 6.03 Å². The number of ether oxygens (including phenoxy) is 2. The molecule has 158 valence electrons. The smallest absolute Gasteiger partial charge is 0.319 e. The first-order valence-electron chi connectivity index (χ1n) is 10.5. The number of nitrogens with zero attached hydrogens (tertiary/aromatic N) is 1. The standard InChI is InChI=1S/C21H28FN3O4/c22-16-10-15-12-28-13-29-20(15)17(11-16)24-21(27)23-8-7-19(26)25-9-3-5-14-4-1-2-6-18(14)25/h10-11,14,18H,1-9,12-13H2,(H2,23,24,27). The number of nitrogens with one attached hydrogen (secondary N) is 2. The molecule has 0 radical (unpaired) electrons. The fraction of sp³-hybridized carbons (Fsp3) is 0.619. The van der Waals surface area contributed by atoms with Crippen LogP contribution in [0.3, 0.4) is 0 Å². The Kier molecular flexibility index (Phi) is 6.18. The van der Waals surface area contributed by atoms with Gasteiger partial charge in [-0.25, -0.2) is 9.18 Å². The third-order valence-electron chi connectivity index (χ3n) is 6.11. The highest BCUT2D eigenvalue weighted by Gasteiger charge is 2.35. The van der Waals surface area contributed by atoms with E-state index in [2.05, 4.69) is 10.6 Å². The van der Waals surface area contributed by atoms with Crippen LogP contribution in [0.4, 0.5) is 14.9 Å². The second-order valence-electron chi connectivity index (χ2n) is 8.02. The summed E-state index contributed by atoms with van der Waals surface area (Å²) in [6.07, 6.45) is 7.33. The minimum Gasteiger partial charge on any atom is -0.465 e. The minimum atomic E-state index is -0.491. The molecule has 1 aromatic carbocycles. The first kappa shape index (κ1) is 19.9. The van der Waals surface area contributed by atoms with Gasteiger partial charge in [0.15, 0.2) is 12.5 Å². The summed E-state index contributed by atoms with van der Waals surface area (Å²) in [5.41, 5.74) is 0.807. The molecule has 29 heavy (non-hydrogen) atoms. The Bertz CT molecular complexity index is 771. The number of hydrogen-bond acceptors (Lipinski definition) is 4. The molecular formula is C21H28FN3O4. The number of fused-ring (bicyclic) bond motifs is 2. The lowest BCUT2D eigenvalue weighted by atomic mass is 9.78. The lowest BCUT2D eigenvalue weighted by Crippen LogP contribution is -2.50. The zero-order valence-electron chi connectivity index (χ0n) is 16.5. The van der Waals surface area contributed by atoms with Crippen LogP contribution >= 0.6 is 0 Å². The van der Waals surface area contributed by atoms with Gasteiger partial charge in [0.25, 0.3) is 0 Å². The Balaban J connectivity index is 1.28. The van der Waals surface area contributed by atoms with Gasteiger partial charge in [-0.05, 0) is 37.7 Å². The zero-order chi connectivity index (χ0) is 20.2. The van der Waals surface area contributed by atoms with Gasteiger partial charge in [0, 0.05) is 37.2 Å². The molecule has 2 N–H and O–H groups in total. The number of carbonyl (C=O) groups excluding carboxylic acids is 2. The molecule has 0 aromatic heterocycles. The topological polar surface area (TPSA) is 79.9 Å². The van der Waals surface area contributed by atoms with Gasteiger partial charge in [-0.3, -0.25) is 4.79 Å². The molecule has 3 amide bonds. The van der Waals surface area contributed by atoms with Gasteiger partial charge < -0.3 is 25.0 Å². The third-order valence-corrected chi connectivity index (χ3v) is 6.11. The van der Waals surface area contributed by atoms with Gasteiger partial charge in [-0.15, -0.1) is 0 Å². The number of anilines is 1. The molecule has 1 saturated heterocycles. The summed E-state index contributed by atoms with van der Waals surface area (Å²) in [5, 5.41) is 5.31. The van der Waals surface area contributed by atoms with E-state index in [9.17, 15) is 14.0 Å². The van der Waals surface area contributed by atoms with Crippen molar-refractivity contribution in [2.45, 2.75) is 57.6 Å². The number of rotatable bonds is 4. The monoisotopic (exact) mass is 405 g/mol. The summed E-state index contributed by atoms with van der Waals surface area (Å²) in [6.45, 7) is 1.35. The molecule has 2 aliphatic heterocycles. The van der Waals surface area contributed by atoms with Crippen molar-refractivity contribution in [2.75, 3.05) is 25.2 Å². The predicted octanol–water partition coefficient (Wildman–Crippen LogP) is 3.39. The van der Waals surface area contributed by atoms with Crippen molar-refractivity contribution in [3.8, 4) is 5.75 Å². The molecule has 0 bridgehead atoms. The fourth-order valence-corrected chi connectivity index (χ4v) is 4.80. The van der Waals surface area contributed by atoms with Crippen LogP contribution in [-0.2, 0) is 16.1 Å². The SMILES string of the molecule is O=C(NCCC(=O)N1CCCC2CCCCC21)Nc1cc(F)cc2c1OCOC2. The van der Waals surface area contributed by atoms with E-state index >= 15 is 0 Å². The molecular weight excluding hydrogens is 377 g/mol. The Labute approximate surface area is 169 Å². The van der Waals surface area contributed by atoms with E-state index in [1.165, 1.54) is 37.8 Å². The van der Waals surface area contributed by atoms with Crippen LogP contribution in [0.25, 0.3) is 0 Å². The van der Waals surface area contributed by atoms with Crippen LogP contribution in [-0.4, -0.2) is 42.8 Å². The Hall–Kier alpha value is -2.35. The van der Waals surface area contributed by atoms with Crippen molar-refractivity contribution >= 4 is 17.6 Å². The van der Waals surface area contributed by atoms with Crippen molar-refractivity contribution in [3.05, 3.63) is 23.5 Å². The third kappa shape index (κ3) is 4.63. The number of piperidine rings is 1. The second kappa shape index (κ2) is 8.98. The largest absolute Gasteiger partial charge is 0.465 e. The Morgan fingerprint density at radius 1 is 1.17 bits per heavy atom. The summed E-state index contributed by atoms with van der Waals surface area (Å²) in [4.78, 5) is 27.0. The van der Waals surface area contributed by atoms with E-state index in [0.717, 1.165) is 19.4 Å². The average Bonchev–Trinajstić information content (AvgIpc) is 2.73. The Morgan fingerprint density at radius 3 is 2.90 bits per heavy atom. The van der Waals surface area contributed by atoms with Gasteiger partial charge in [0.1, 0.15) is 5.82 Å². The first-order valence-corrected chi connectivity index (χ1v) is 10.5. The highest BCUT2D eigenvalue weighted by Crippen LogP contribution is 2.35. The molecule has 1 aliphatic carbocycles. The maximum Gasteiger partial charge on any atom is 0.319 e. The molecule has 1 aromatic rings. The summed E-state index contributed by atoms with van der Waals surface area (Å²) < 4.78 is 24.3. The Morgan fingerprint density at radius 2 is 2.00 bits per heavy atom. The summed E-state index contributed by atoms with van der Waals surface area (Å²) in [6, 6.07) is 2.42. The van der Waals surface area contributed by atoms with Crippen LogP contribution in [0.15, 0.2) is 12.1 Å². The van der Waals surface area contributed by atoms with Crippen LogP contribution in [0.1, 0.15) is 50.5 Å². The van der Waals surface area contributed by atoms with E-state index in [1.807, 2.05) is 4.90 Å². The van der Waals surface area contributed by atoms with E-state index in [1.54, 1.807) is 0 Å². The van der Waals surface area contributed by atoms with E-state index in [-0.39, 0.29) is 38.0 Å². The van der Waals surface area contributed by atoms with E-state index in [4.69, 9.17) is 9.47 Å². The molecule has 1 saturated carbocycles. The summed E-state index contributed by atoms with van der Waals surface area (Å²) >= 11 is 0. The average molecular weight is 405 g/mol. The van der Waals surface area contributed by atoms with Gasteiger partial charge in [0.05, 0.1) is 12.3 Å². The molecule has 4 rings (SSSR count). The first-order chi connectivity index (χ1) is 14.1. The minimum absolute atomic E-state index is 0.0570. The van der Waals surface area contributed by atoms with Crippen molar-refractivity contribution in [1.29, 1.82) is 0 Å². The number of carbonyl (C=O) groups is 2. The lowest BCUT2D eigenvalue weighted by Gasteiger charge is -2.44. The van der Waals surface area contributed by atoms with Crippen LogP contribution in [0.5, 0.6) is 5.75 Å². The molecule has 2 unspecified atom stereocenters. The van der Waals surface area contributed by atoms with Crippen molar-refractivity contribution in [2.24, 2.45) is 5.92 Å². The number of likely N-dealkylation sites (tertiary alicyclic amines) is 1. The second-order valence-corrected chi connectivity index (χ2v) is 8.02. The predicted molar refractivity (Wildman–Crippen MR) is 105 cm³/mol. The summed E-state index contributed by atoms with van der Waals surface area (Å²) in [5.74, 6) is 0.683. The van der Waals surface area contributed by atoms with Crippen molar-refractivity contribution < 1.29 is 23.5 Å². The van der Waals surface area contributed by atoms with Crippen molar-refractivity contribution in [1.82, 2.24) is 10.2 Å². The summed E-state index contributed by atoms with van der Waals surface area (Å²) in [7, 11) is 0. The normalized spacial score (nSPS) is 23.4. The quantitative estimate of drug-likeness (QED) is 0.805. The molecule has 2 atom stereocenters. The van der Waals surface area contributed by atoms with Crippen LogP contribution in [0.2, 0.25) is 0 Å². The molecule has 2 fully saturated rings. The van der Waals surface area contributed by atoms with Gasteiger partial charge in [0.2, 0.25) is 5.91 Å². The highest BCUT2D eigenvalue weighted by atomic mass is 19.1. The van der Waals surface area contributed by atoms with Crippen LogP contribution < -0.4 is 15.4 Å². The maximum absolute atomic E-state index is 13.8.